The van der Waals surface area contributed by atoms with Crippen LogP contribution in [0.2, 0.25) is 0 Å². The van der Waals surface area contributed by atoms with Crippen molar-refractivity contribution >= 4 is 27.2 Å². The molecule has 1 fully saturated rings. The van der Waals surface area contributed by atoms with E-state index in [1.165, 1.54) is 22.5 Å². The van der Waals surface area contributed by atoms with Gasteiger partial charge in [0.1, 0.15) is 0 Å². The number of nitrogens with two attached hydrogens (primary N) is 1. The maximum atomic E-state index is 5.84. The van der Waals surface area contributed by atoms with E-state index in [-0.39, 0.29) is 0 Å². The number of anilines is 1. The molecule has 1 aliphatic rings. The van der Waals surface area contributed by atoms with Gasteiger partial charge in [-0.2, -0.15) is 0 Å². The fourth-order valence-electron chi connectivity index (χ4n) is 2.78. The van der Waals surface area contributed by atoms with Gasteiger partial charge in [-0.25, -0.2) is 4.98 Å². The fraction of sp³-hybridized carbons (Fsp3) is 0.533. The lowest BCUT2D eigenvalue weighted by Gasteiger charge is -2.19. The molecular weight excluding hydrogens is 256 g/mol. The van der Waals surface area contributed by atoms with Crippen LogP contribution in [-0.2, 0) is 4.74 Å². The second-order valence-corrected chi connectivity index (χ2v) is 6.43. The summed E-state index contributed by atoms with van der Waals surface area (Å²) in [6, 6.07) is 5.98. The van der Waals surface area contributed by atoms with Gasteiger partial charge in [0.25, 0.3) is 0 Å². The highest BCUT2D eigenvalue weighted by Gasteiger charge is 2.23. The number of rotatable bonds is 2. The van der Waals surface area contributed by atoms with Crippen LogP contribution in [0, 0.1) is 5.92 Å². The van der Waals surface area contributed by atoms with E-state index < -0.39 is 0 Å². The van der Waals surface area contributed by atoms with Crippen molar-refractivity contribution in [1.29, 1.82) is 0 Å². The largest absolute Gasteiger partial charge is 0.399 e. The van der Waals surface area contributed by atoms with E-state index in [9.17, 15) is 0 Å². The molecule has 0 radical (unpaired) electrons. The van der Waals surface area contributed by atoms with Gasteiger partial charge in [-0.05, 0) is 43.4 Å². The number of hydrogen-bond acceptors (Lipinski definition) is 4. The van der Waals surface area contributed by atoms with Crippen LogP contribution in [0.1, 0.15) is 37.1 Å². The second-order valence-electron chi connectivity index (χ2n) is 5.37. The van der Waals surface area contributed by atoms with Crippen molar-refractivity contribution in [2.24, 2.45) is 5.92 Å². The Morgan fingerprint density at radius 3 is 3.16 bits per heavy atom. The summed E-state index contributed by atoms with van der Waals surface area (Å²) in [6.07, 6.45) is 3.57. The molecule has 2 unspecified atom stereocenters. The number of thiazole rings is 1. The maximum Gasteiger partial charge on any atom is 0.0969 e. The normalized spacial score (nSPS) is 22.3. The summed E-state index contributed by atoms with van der Waals surface area (Å²) >= 11 is 1.79. The molecule has 2 N–H and O–H groups in total. The van der Waals surface area contributed by atoms with Crippen LogP contribution in [0.5, 0.6) is 0 Å². The highest BCUT2D eigenvalue weighted by molar-refractivity contribution is 7.18. The van der Waals surface area contributed by atoms with Gasteiger partial charge in [0.15, 0.2) is 0 Å². The number of aromatic nitrogens is 1. The lowest BCUT2D eigenvalue weighted by molar-refractivity contribution is 0.140. The zero-order valence-electron chi connectivity index (χ0n) is 11.3. The molecule has 2 heterocycles. The van der Waals surface area contributed by atoms with Gasteiger partial charge in [-0.15, -0.1) is 11.3 Å². The summed E-state index contributed by atoms with van der Waals surface area (Å²) < 4.78 is 6.75. The maximum absolute atomic E-state index is 5.84. The number of benzene rings is 1. The number of hydrogen-bond donors (Lipinski definition) is 1. The third-order valence-electron chi connectivity index (χ3n) is 4.02. The molecule has 0 amide bonds. The van der Waals surface area contributed by atoms with Gasteiger partial charge in [-0.3, -0.25) is 0 Å². The Kier molecular flexibility index (Phi) is 3.71. The predicted octanol–water partition coefficient (Wildman–Crippen LogP) is 3.80. The number of nitrogen functional groups attached to an aromatic ring is 1. The molecule has 0 spiro atoms. The minimum absolute atomic E-state index is 0.514. The lowest BCUT2D eigenvalue weighted by atomic mass is 9.88. The first-order chi connectivity index (χ1) is 9.24. The molecule has 1 saturated heterocycles. The van der Waals surface area contributed by atoms with Crippen LogP contribution in [0.3, 0.4) is 0 Å². The zero-order chi connectivity index (χ0) is 13.2. The first-order valence-electron chi connectivity index (χ1n) is 6.98. The average molecular weight is 276 g/mol. The van der Waals surface area contributed by atoms with Gasteiger partial charge < -0.3 is 10.5 Å². The number of ether oxygens (including phenoxy) is 1. The van der Waals surface area contributed by atoms with E-state index in [4.69, 9.17) is 15.5 Å². The van der Waals surface area contributed by atoms with Gasteiger partial charge in [0, 0.05) is 24.8 Å². The Bertz CT molecular complexity index is 558. The third-order valence-corrected chi connectivity index (χ3v) is 5.24. The third kappa shape index (κ3) is 2.74. The van der Waals surface area contributed by atoms with Crippen LogP contribution in [0.15, 0.2) is 18.2 Å². The second kappa shape index (κ2) is 5.47. The molecule has 0 saturated carbocycles. The van der Waals surface area contributed by atoms with Gasteiger partial charge in [0.05, 0.1) is 15.2 Å². The predicted molar refractivity (Wildman–Crippen MR) is 80.6 cm³/mol. The van der Waals surface area contributed by atoms with E-state index in [0.717, 1.165) is 30.8 Å². The summed E-state index contributed by atoms with van der Waals surface area (Å²) in [6.45, 7) is 4.11. The minimum atomic E-state index is 0.514. The summed E-state index contributed by atoms with van der Waals surface area (Å²) in [5, 5.41) is 1.24. The molecule has 3 rings (SSSR count). The fourth-order valence-corrected chi connectivity index (χ4v) is 3.95. The molecule has 2 aromatic rings. The Labute approximate surface area is 117 Å². The van der Waals surface area contributed by atoms with Gasteiger partial charge >= 0.3 is 0 Å². The molecule has 3 nitrogen and oxygen atoms in total. The summed E-state index contributed by atoms with van der Waals surface area (Å²) in [5.41, 5.74) is 7.73. The zero-order valence-corrected chi connectivity index (χ0v) is 12.1. The standard InChI is InChI=1S/C15H20N2OS/c1-10(11-3-2-7-18-8-6-11)15-17-13-5-4-12(16)9-14(13)19-15/h4-5,9-11H,2-3,6-8,16H2,1H3. The van der Waals surface area contributed by atoms with Crippen LogP contribution < -0.4 is 5.73 Å². The van der Waals surface area contributed by atoms with Crippen molar-refractivity contribution < 1.29 is 4.74 Å². The van der Waals surface area contributed by atoms with Crippen molar-refractivity contribution in [1.82, 2.24) is 4.98 Å². The first kappa shape index (κ1) is 12.9. The minimum Gasteiger partial charge on any atom is -0.399 e. The lowest BCUT2D eigenvalue weighted by Crippen LogP contribution is -2.10. The first-order valence-corrected chi connectivity index (χ1v) is 7.79. The molecular formula is C15H20N2OS. The van der Waals surface area contributed by atoms with Crippen LogP contribution in [0.25, 0.3) is 10.2 Å². The molecule has 1 aromatic heterocycles. The van der Waals surface area contributed by atoms with E-state index in [1.807, 2.05) is 18.2 Å². The molecule has 4 heteroatoms. The Hall–Kier alpha value is -1.13. The molecule has 19 heavy (non-hydrogen) atoms. The summed E-state index contributed by atoms with van der Waals surface area (Å²) in [4.78, 5) is 4.78. The summed E-state index contributed by atoms with van der Waals surface area (Å²) in [5.74, 6) is 1.21. The van der Waals surface area contributed by atoms with E-state index in [0.29, 0.717) is 11.8 Å². The van der Waals surface area contributed by atoms with E-state index in [2.05, 4.69) is 6.92 Å². The Morgan fingerprint density at radius 2 is 2.26 bits per heavy atom. The van der Waals surface area contributed by atoms with Crippen molar-refractivity contribution in [3.05, 3.63) is 23.2 Å². The van der Waals surface area contributed by atoms with Crippen LogP contribution in [-0.4, -0.2) is 18.2 Å². The summed E-state index contributed by atoms with van der Waals surface area (Å²) in [7, 11) is 0. The average Bonchev–Trinajstić information content (AvgIpc) is 2.64. The molecule has 0 bridgehead atoms. The Balaban J connectivity index is 1.85. The molecule has 2 atom stereocenters. The van der Waals surface area contributed by atoms with Crippen LogP contribution >= 0.6 is 11.3 Å². The molecule has 1 aliphatic heterocycles. The number of nitrogens with zero attached hydrogens (tertiary/aromatic N) is 1. The van der Waals surface area contributed by atoms with E-state index >= 15 is 0 Å². The monoisotopic (exact) mass is 276 g/mol. The van der Waals surface area contributed by atoms with Gasteiger partial charge in [0.2, 0.25) is 0 Å². The Morgan fingerprint density at radius 1 is 1.37 bits per heavy atom. The highest BCUT2D eigenvalue weighted by atomic mass is 32.1. The number of fused-ring (bicyclic) bond motifs is 1. The smallest absolute Gasteiger partial charge is 0.0969 e. The molecule has 1 aromatic carbocycles. The van der Waals surface area contributed by atoms with Crippen LogP contribution in [0.4, 0.5) is 5.69 Å². The van der Waals surface area contributed by atoms with E-state index in [1.54, 1.807) is 11.3 Å². The van der Waals surface area contributed by atoms with Crippen molar-refractivity contribution in [2.45, 2.75) is 32.1 Å². The molecule has 0 aliphatic carbocycles. The SMILES string of the molecule is CC(c1nc2ccc(N)cc2s1)C1CCCOCC1. The van der Waals surface area contributed by atoms with Gasteiger partial charge in [-0.1, -0.05) is 6.92 Å². The quantitative estimate of drug-likeness (QED) is 0.849. The highest BCUT2D eigenvalue weighted by Crippen LogP contribution is 2.36. The van der Waals surface area contributed by atoms with Crippen molar-refractivity contribution in [3.8, 4) is 0 Å². The topological polar surface area (TPSA) is 48.1 Å². The van der Waals surface area contributed by atoms with Crippen molar-refractivity contribution in [2.75, 3.05) is 18.9 Å². The van der Waals surface area contributed by atoms with Crippen molar-refractivity contribution in [3.63, 3.8) is 0 Å². The molecule has 102 valence electrons.